The van der Waals surface area contributed by atoms with Crippen molar-refractivity contribution < 1.29 is 14.4 Å². The topological polar surface area (TPSA) is 76.2 Å². The van der Waals surface area contributed by atoms with Crippen LogP contribution in [0.15, 0.2) is 4.52 Å². The maximum absolute atomic E-state index is 11.4. The van der Waals surface area contributed by atoms with Crippen LogP contribution in [-0.2, 0) is 17.0 Å². The van der Waals surface area contributed by atoms with Gasteiger partial charge in [0, 0.05) is 6.42 Å². The Labute approximate surface area is 118 Å². The number of aromatic nitrogens is 2. The molecular weight excluding hydrogens is 264 g/mol. The molecule has 0 unspecified atom stereocenters. The van der Waals surface area contributed by atoms with Gasteiger partial charge in [-0.25, -0.2) is 0 Å². The third-order valence-electron chi connectivity index (χ3n) is 3.39. The second-order valence-corrected chi connectivity index (χ2v) is 5.73. The molecule has 0 fully saturated rings. The van der Waals surface area contributed by atoms with E-state index in [0.29, 0.717) is 31.0 Å². The molecule has 0 saturated carbocycles. The van der Waals surface area contributed by atoms with Crippen LogP contribution in [0.4, 0.5) is 0 Å². The maximum atomic E-state index is 11.4. The lowest BCUT2D eigenvalue weighted by atomic mass is 9.79. The van der Waals surface area contributed by atoms with Gasteiger partial charge in [-0.05, 0) is 25.0 Å². The van der Waals surface area contributed by atoms with Crippen molar-refractivity contribution in [1.29, 1.82) is 0 Å². The van der Waals surface area contributed by atoms with Gasteiger partial charge in [0.1, 0.15) is 0 Å². The van der Waals surface area contributed by atoms with Crippen molar-refractivity contribution >= 4 is 17.7 Å². The molecule has 0 bridgehead atoms. The molecule has 0 aromatic carbocycles. The monoisotopic (exact) mass is 286 g/mol. The van der Waals surface area contributed by atoms with E-state index >= 15 is 0 Å². The van der Waals surface area contributed by atoms with Crippen molar-refractivity contribution in [2.75, 3.05) is 5.75 Å². The molecule has 0 radical (unpaired) electrons. The van der Waals surface area contributed by atoms with E-state index in [-0.39, 0.29) is 0 Å². The van der Waals surface area contributed by atoms with Gasteiger partial charge in [0.2, 0.25) is 5.89 Å². The molecule has 0 saturated heterocycles. The van der Waals surface area contributed by atoms with E-state index in [4.69, 9.17) is 4.52 Å². The predicted molar refractivity (Wildman–Crippen MR) is 75.1 cm³/mol. The standard InChI is InChI=1S/C13H22N2O3S/c1-4-7-19-9-10-14-11(18-15-10)8-13(5-2,6-3)12(16)17/h4-9H2,1-3H3,(H,16,17). The Balaban J connectivity index is 2.68. The first kappa shape index (κ1) is 16.0. The Morgan fingerprint density at radius 1 is 1.37 bits per heavy atom. The fourth-order valence-corrected chi connectivity index (χ4v) is 2.63. The van der Waals surface area contributed by atoms with Crippen molar-refractivity contribution in [3.8, 4) is 0 Å². The minimum absolute atomic E-state index is 0.306. The first-order valence-corrected chi connectivity index (χ1v) is 7.86. The molecule has 1 aromatic heterocycles. The Morgan fingerprint density at radius 2 is 2.05 bits per heavy atom. The second kappa shape index (κ2) is 7.53. The first-order valence-electron chi connectivity index (χ1n) is 6.70. The van der Waals surface area contributed by atoms with E-state index in [9.17, 15) is 9.90 Å². The first-order chi connectivity index (χ1) is 9.07. The molecule has 1 N–H and O–H groups in total. The summed E-state index contributed by atoms with van der Waals surface area (Å²) in [6.07, 6.45) is 2.53. The predicted octanol–water partition coefficient (Wildman–Crippen LogP) is 3.15. The number of thioether (sulfide) groups is 1. The number of aliphatic carboxylic acids is 1. The van der Waals surface area contributed by atoms with Gasteiger partial charge in [-0.1, -0.05) is 25.9 Å². The van der Waals surface area contributed by atoms with Crippen LogP contribution in [0.25, 0.3) is 0 Å². The highest BCUT2D eigenvalue weighted by atomic mass is 32.2. The zero-order valence-electron chi connectivity index (χ0n) is 11.8. The molecule has 1 rings (SSSR count). The number of hydrogen-bond donors (Lipinski definition) is 1. The van der Waals surface area contributed by atoms with E-state index in [1.165, 1.54) is 0 Å². The smallest absolute Gasteiger partial charge is 0.310 e. The normalized spacial score (nSPS) is 11.7. The minimum Gasteiger partial charge on any atom is -0.481 e. The largest absolute Gasteiger partial charge is 0.481 e. The SMILES string of the molecule is CCCSCc1noc(CC(CC)(CC)C(=O)O)n1. The highest BCUT2D eigenvalue weighted by Crippen LogP contribution is 2.31. The van der Waals surface area contributed by atoms with Gasteiger partial charge in [-0.15, -0.1) is 0 Å². The summed E-state index contributed by atoms with van der Waals surface area (Å²) in [6.45, 7) is 5.89. The highest BCUT2D eigenvalue weighted by Gasteiger charge is 2.37. The lowest BCUT2D eigenvalue weighted by Crippen LogP contribution is -2.32. The van der Waals surface area contributed by atoms with Crippen LogP contribution in [0, 0.1) is 5.41 Å². The van der Waals surface area contributed by atoms with Gasteiger partial charge < -0.3 is 9.63 Å². The summed E-state index contributed by atoms with van der Waals surface area (Å²) < 4.78 is 5.17. The number of nitrogens with zero attached hydrogens (tertiary/aromatic N) is 2. The molecule has 108 valence electrons. The molecule has 6 heteroatoms. The molecule has 19 heavy (non-hydrogen) atoms. The molecular formula is C13H22N2O3S. The summed E-state index contributed by atoms with van der Waals surface area (Å²) in [7, 11) is 0. The molecule has 0 aliphatic heterocycles. The van der Waals surface area contributed by atoms with Gasteiger partial charge in [-0.3, -0.25) is 4.79 Å². The molecule has 0 aliphatic carbocycles. The quantitative estimate of drug-likeness (QED) is 0.703. The Bertz CT molecular complexity index is 402. The Kier molecular flexibility index (Phi) is 6.34. The number of carboxylic acid groups (broad SMARTS) is 1. The van der Waals surface area contributed by atoms with E-state index in [2.05, 4.69) is 17.1 Å². The van der Waals surface area contributed by atoms with Crippen LogP contribution in [-0.4, -0.2) is 27.0 Å². The number of rotatable bonds is 9. The third-order valence-corrected chi connectivity index (χ3v) is 4.55. The highest BCUT2D eigenvalue weighted by molar-refractivity contribution is 7.98. The van der Waals surface area contributed by atoms with Gasteiger partial charge in [-0.2, -0.15) is 16.7 Å². The van der Waals surface area contributed by atoms with E-state index in [1.807, 2.05) is 13.8 Å². The summed E-state index contributed by atoms with van der Waals surface area (Å²) in [5.74, 6) is 2.07. The Hall–Kier alpha value is -1.04. The summed E-state index contributed by atoms with van der Waals surface area (Å²) in [4.78, 5) is 15.7. The maximum Gasteiger partial charge on any atom is 0.310 e. The number of carbonyl (C=O) groups is 1. The van der Waals surface area contributed by atoms with Crippen molar-refractivity contribution in [2.45, 2.75) is 52.2 Å². The van der Waals surface area contributed by atoms with Crippen LogP contribution < -0.4 is 0 Å². The van der Waals surface area contributed by atoms with Gasteiger partial charge in [0.15, 0.2) is 5.82 Å². The summed E-state index contributed by atoms with van der Waals surface area (Å²) in [5.41, 5.74) is -0.791. The zero-order valence-corrected chi connectivity index (χ0v) is 12.6. The lowest BCUT2D eigenvalue weighted by Gasteiger charge is -2.24. The van der Waals surface area contributed by atoms with Crippen molar-refractivity contribution in [3.05, 3.63) is 11.7 Å². The zero-order chi connectivity index (χ0) is 14.3. The molecule has 0 atom stereocenters. The summed E-state index contributed by atoms with van der Waals surface area (Å²) >= 11 is 1.75. The average Bonchev–Trinajstić information content (AvgIpc) is 2.83. The van der Waals surface area contributed by atoms with E-state index in [0.717, 1.165) is 17.9 Å². The van der Waals surface area contributed by atoms with Crippen molar-refractivity contribution in [1.82, 2.24) is 10.1 Å². The summed E-state index contributed by atoms with van der Waals surface area (Å²) in [5, 5.41) is 13.3. The van der Waals surface area contributed by atoms with Gasteiger partial charge in [0.25, 0.3) is 0 Å². The molecule has 1 aromatic rings. The lowest BCUT2D eigenvalue weighted by molar-refractivity contribution is -0.149. The van der Waals surface area contributed by atoms with Crippen LogP contribution in [0.2, 0.25) is 0 Å². The Morgan fingerprint density at radius 3 is 2.58 bits per heavy atom. The molecule has 0 aliphatic rings. The van der Waals surface area contributed by atoms with Gasteiger partial charge >= 0.3 is 5.97 Å². The second-order valence-electron chi connectivity index (χ2n) is 4.63. The fraction of sp³-hybridized carbons (Fsp3) is 0.769. The molecule has 1 heterocycles. The molecule has 5 nitrogen and oxygen atoms in total. The number of carboxylic acids is 1. The summed E-state index contributed by atoms with van der Waals surface area (Å²) in [6, 6.07) is 0. The van der Waals surface area contributed by atoms with Crippen LogP contribution in [0.5, 0.6) is 0 Å². The molecule has 0 amide bonds. The average molecular weight is 286 g/mol. The minimum atomic E-state index is -0.794. The number of hydrogen-bond acceptors (Lipinski definition) is 5. The van der Waals surface area contributed by atoms with Crippen molar-refractivity contribution in [2.24, 2.45) is 5.41 Å². The van der Waals surface area contributed by atoms with Crippen molar-refractivity contribution in [3.63, 3.8) is 0 Å². The molecule has 0 spiro atoms. The van der Waals surface area contributed by atoms with E-state index < -0.39 is 11.4 Å². The fourth-order valence-electron chi connectivity index (χ4n) is 1.90. The van der Waals surface area contributed by atoms with Crippen LogP contribution >= 0.6 is 11.8 Å². The van der Waals surface area contributed by atoms with Crippen LogP contribution in [0.3, 0.4) is 0 Å². The van der Waals surface area contributed by atoms with Gasteiger partial charge in [0.05, 0.1) is 11.2 Å². The van der Waals surface area contributed by atoms with E-state index in [1.54, 1.807) is 11.8 Å². The third kappa shape index (κ3) is 4.23. The van der Waals surface area contributed by atoms with Crippen LogP contribution in [0.1, 0.15) is 51.7 Å².